The van der Waals surface area contributed by atoms with Crippen LogP contribution in [0.25, 0.3) is 11.1 Å². The van der Waals surface area contributed by atoms with Crippen molar-refractivity contribution in [2.75, 3.05) is 0 Å². The summed E-state index contributed by atoms with van der Waals surface area (Å²) in [6.45, 7) is 0. The van der Waals surface area contributed by atoms with Crippen LogP contribution in [0.4, 0.5) is 22.0 Å². The average molecular weight is 275 g/mol. The van der Waals surface area contributed by atoms with Gasteiger partial charge in [0.15, 0.2) is 5.82 Å². The third-order valence-corrected chi connectivity index (χ3v) is 2.25. The van der Waals surface area contributed by atoms with Gasteiger partial charge in [-0.1, -0.05) is 12.1 Å². The van der Waals surface area contributed by atoms with Crippen molar-refractivity contribution in [3.05, 3.63) is 48.3 Å². The summed E-state index contributed by atoms with van der Waals surface area (Å²) >= 11 is 0. The first-order valence-electron chi connectivity index (χ1n) is 5.03. The number of aromatic nitrogens is 1. The summed E-state index contributed by atoms with van der Waals surface area (Å²) in [6.07, 6.45) is -3.73. The predicted molar refractivity (Wildman–Crippen MR) is 56.3 cm³/mol. The fraction of sp³-hybridized carbons (Fsp3) is 0.0833. The zero-order valence-electron chi connectivity index (χ0n) is 9.21. The summed E-state index contributed by atoms with van der Waals surface area (Å²) in [6, 6.07) is 5.64. The lowest BCUT2D eigenvalue weighted by molar-refractivity contribution is -0.274. The second kappa shape index (κ2) is 4.83. The van der Waals surface area contributed by atoms with Gasteiger partial charge in [-0.05, 0) is 23.8 Å². The van der Waals surface area contributed by atoms with Gasteiger partial charge in [0.05, 0.1) is 0 Å². The molecule has 0 unspecified atom stereocenters. The molecule has 0 bridgehead atoms. The monoisotopic (exact) mass is 275 g/mol. The first kappa shape index (κ1) is 13.3. The maximum Gasteiger partial charge on any atom is 0.573 e. The Kier molecular flexibility index (Phi) is 3.37. The quantitative estimate of drug-likeness (QED) is 0.612. The molecule has 0 radical (unpaired) electrons. The third kappa shape index (κ3) is 3.18. The summed E-state index contributed by atoms with van der Waals surface area (Å²) in [7, 11) is 0. The summed E-state index contributed by atoms with van der Waals surface area (Å²) in [5.74, 6) is -2.87. The number of benzene rings is 1. The molecular weight excluding hydrogens is 269 g/mol. The maximum absolute atomic E-state index is 13.4. The Morgan fingerprint density at radius 1 is 0.947 bits per heavy atom. The minimum Gasteiger partial charge on any atom is -0.406 e. The molecule has 0 saturated heterocycles. The summed E-state index contributed by atoms with van der Waals surface area (Å²) in [5, 5.41) is 0. The van der Waals surface area contributed by atoms with Gasteiger partial charge in [-0.3, -0.25) is 0 Å². The zero-order chi connectivity index (χ0) is 14.0. The van der Waals surface area contributed by atoms with Crippen LogP contribution < -0.4 is 4.74 Å². The average Bonchev–Trinajstić information content (AvgIpc) is 2.32. The van der Waals surface area contributed by atoms with E-state index in [2.05, 4.69) is 9.72 Å². The summed E-state index contributed by atoms with van der Waals surface area (Å²) in [5.41, 5.74) is 0.124. The van der Waals surface area contributed by atoms with Crippen LogP contribution in [0.1, 0.15) is 0 Å². The molecule has 2 rings (SSSR count). The van der Waals surface area contributed by atoms with Crippen molar-refractivity contribution in [3.8, 4) is 16.9 Å². The van der Waals surface area contributed by atoms with Crippen molar-refractivity contribution in [2.45, 2.75) is 6.36 Å². The molecule has 0 fully saturated rings. The number of hydrogen-bond acceptors (Lipinski definition) is 2. The molecule has 0 aliphatic carbocycles. The van der Waals surface area contributed by atoms with Gasteiger partial charge >= 0.3 is 6.36 Å². The molecule has 0 spiro atoms. The topological polar surface area (TPSA) is 22.1 Å². The fourth-order valence-corrected chi connectivity index (χ4v) is 1.48. The van der Waals surface area contributed by atoms with Gasteiger partial charge < -0.3 is 4.74 Å². The molecule has 0 atom stereocenters. The van der Waals surface area contributed by atoms with E-state index in [9.17, 15) is 22.0 Å². The molecule has 1 aromatic carbocycles. The highest BCUT2D eigenvalue weighted by Crippen LogP contribution is 2.28. The van der Waals surface area contributed by atoms with Crippen molar-refractivity contribution < 1.29 is 26.7 Å². The number of rotatable bonds is 2. The molecule has 7 heteroatoms. The predicted octanol–water partition coefficient (Wildman–Crippen LogP) is 3.93. The van der Waals surface area contributed by atoms with Crippen LogP contribution in [0.3, 0.4) is 0 Å². The van der Waals surface area contributed by atoms with Gasteiger partial charge in [-0.2, -0.15) is 4.39 Å². The van der Waals surface area contributed by atoms with E-state index in [0.29, 0.717) is 0 Å². The van der Waals surface area contributed by atoms with Crippen LogP contribution in [-0.2, 0) is 0 Å². The van der Waals surface area contributed by atoms with Gasteiger partial charge in [0.25, 0.3) is 0 Å². The number of nitrogens with zero attached hydrogens (tertiary/aromatic N) is 1. The normalized spacial score (nSPS) is 11.4. The fourth-order valence-electron chi connectivity index (χ4n) is 1.48. The Labute approximate surface area is 104 Å². The van der Waals surface area contributed by atoms with Crippen molar-refractivity contribution in [3.63, 3.8) is 0 Å². The Morgan fingerprint density at radius 3 is 2.16 bits per heavy atom. The lowest BCUT2D eigenvalue weighted by Crippen LogP contribution is -2.16. The minimum absolute atomic E-state index is 0.0916. The van der Waals surface area contributed by atoms with Crippen LogP contribution >= 0.6 is 0 Å². The number of alkyl halides is 3. The Bertz CT molecular complexity index is 580. The highest BCUT2D eigenvalue weighted by molar-refractivity contribution is 5.64. The second-order valence-corrected chi connectivity index (χ2v) is 3.54. The molecule has 1 heterocycles. The molecule has 0 amide bonds. The van der Waals surface area contributed by atoms with E-state index >= 15 is 0 Å². The van der Waals surface area contributed by atoms with E-state index < -0.39 is 23.9 Å². The largest absolute Gasteiger partial charge is 0.573 e. The van der Waals surface area contributed by atoms with E-state index in [1.54, 1.807) is 0 Å². The van der Waals surface area contributed by atoms with E-state index in [0.717, 1.165) is 18.3 Å². The first-order chi connectivity index (χ1) is 8.87. The molecule has 0 aliphatic heterocycles. The second-order valence-electron chi connectivity index (χ2n) is 3.54. The zero-order valence-corrected chi connectivity index (χ0v) is 9.21. The molecular formula is C12H6F5NO. The molecule has 0 aliphatic rings. The summed E-state index contributed by atoms with van der Waals surface area (Å²) in [4.78, 5) is 3.12. The van der Waals surface area contributed by atoms with Crippen molar-refractivity contribution in [2.24, 2.45) is 0 Å². The summed E-state index contributed by atoms with van der Waals surface area (Å²) < 4.78 is 65.8. The molecule has 0 saturated carbocycles. The molecule has 19 heavy (non-hydrogen) atoms. The Balaban J connectivity index is 2.30. The van der Waals surface area contributed by atoms with Crippen LogP contribution in [0.2, 0.25) is 0 Å². The van der Waals surface area contributed by atoms with Crippen LogP contribution in [-0.4, -0.2) is 11.3 Å². The minimum atomic E-state index is -4.80. The van der Waals surface area contributed by atoms with Crippen molar-refractivity contribution in [1.82, 2.24) is 4.98 Å². The maximum atomic E-state index is 13.4. The molecule has 100 valence electrons. The molecule has 2 aromatic rings. The van der Waals surface area contributed by atoms with Gasteiger partial charge in [0, 0.05) is 11.8 Å². The lowest BCUT2D eigenvalue weighted by Gasteiger charge is -2.09. The number of ether oxygens (including phenoxy) is 1. The smallest absolute Gasteiger partial charge is 0.406 e. The third-order valence-electron chi connectivity index (χ3n) is 2.25. The van der Waals surface area contributed by atoms with Crippen LogP contribution in [0.5, 0.6) is 5.75 Å². The molecule has 0 N–H and O–H groups in total. The van der Waals surface area contributed by atoms with E-state index in [1.807, 2.05) is 0 Å². The molecule has 1 aromatic heterocycles. The van der Waals surface area contributed by atoms with Gasteiger partial charge in [0.1, 0.15) is 5.75 Å². The Morgan fingerprint density at radius 2 is 1.58 bits per heavy atom. The first-order valence-corrected chi connectivity index (χ1v) is 5.03. The van der Waals surface area contributed by atoms with Crippen LogP contribution in [0.15, 0.2) is 36.5 Å². The number of hydrogen-bond donors (Lipinski definition) is 0. The highest BCUT2D eigenvalue weighted by atomic mass is 19.4. The number of pyridine rings is 1. The van der Waals surface area contributed by atoms with E-state index in [-0.39, 0.29) is 11.1 Å². The SMILES string of the molecule is Fc1nccc(-c2ccc(OC(F)(F)F)cc2)c1F. The van der Waals surface area contributed by atoms with Gasteiger partial charge in [-0.25, -0.2) is 9.37 Å². The Hall–Kier alpha value is -2.18. The molecule has 2 nitrogen and oxygen atoms in total. The van der Waals surface area contributed by atoms with Crippen molar-refractivity contribution in [1.29, 1.82) is 0 Å². The van der Waals surface area contributed by atoms with Gasteiger partial charge in [0.2, 0.25) is 5.95 Å². The van der Waals surface area contributed by atoms with E-state index in [4.69, 9.17) is 0 Å². The van der Waals surface area contributed by atoms with E-state index in [1.165, 1.54) is 18.2 Å². The number of halogens is 5. The van der Waals surface area contributed by atoms with Crippen molar-refractivity contribution >= 4 is 0 Å². The van der Waals surface area contributed by atoms with Crippen LogP contribution in [0, 0.1) is 11.8 Å². The highest BCUT2D eigenvalue weighted by Gasteiger charge is 2.31. The van der Waals surface area contributed by atoms with Gasteiger partial charge in [-0.15, -0.1) is 13.2 Å². The standard InChI is InChI=1S/C12H6F5NO/c13-10-9(5-6-18-11(10)14)7-1-3-8(4-2-7)19-12(15,16)17/h1-6H. The lowest BCUT2D eigenvalue weighted by atomic mass is 10.1.